The van der Waals surface area contributed by atoms with Gasteiger partial charge in [-0.3, -0.25) is 9.69 Å². The van der Waals surface area contributed by atoms with E-state index in [1.807, 2.05) is 23.7 Å². The minimum Gasteiger partial charge on any atom is -0.379 e. The Bertz CT molecular complexity index is 1330. The van der Waals surface area contributed by atoms with Crippen LogP contribution in [-0.4, -0.2) is 53.1 Å². The Labute approximate surface area is 215 Å². The van der Waals surface area contributed by atoms with Crippen molar-refractivity contribution in [2.75, 3.05) is 26.3 Å². The molecule has 1 aliphatic heterocycles. The van der Waals surface area contributed by atoms with Gasteiger partial charge in [0, 0.05) is 64.3 Å². The van der Waals surface area contributed by atoms with Crippen molar-refractivity contribution in [1.82, 2.24) is 20.2 Å². The van der Waals surface area contributed by atoms with Crippen molar-refractivity contribution in [1.29, 1.82) is 0 Å². The van der Waals surface area contributed by atoms with Gasteiger partial charge in [-0.05, 0) is 42.2 Å². The highest BCUT2D eigenvalue weighted by Gasteiger charge is 2.17. The monoisotopic (exact) mass is 500 g/mol. The summed E-state index contributed by atoms with van der Waals surface area (Å²) in [6.07, 6.45) is 9.10. The zero-order valence-corrected chi connectivity index (χ0v) is 21.3. The zero-order chi connectivity index (χ0) is 24.3. The molecule has 186 valence electrons. The Hall–Kier alpha value is -3.00. The molecule has 3 aromatic heterocycles. The zero-order valence-electron chi connectivity index (χ0n) is 20.5. The summed E-state index contributed by atoms with van der Waals surface area (Å²) in [4.78, 5) is 25.5. The Morgan fingerprint density at radius 1 is 1.08 bits per heavy atom. The summed E-state index contributed by atoms with van der Waals surface area (Å²) in [6.45, 7) is 4.62. The maximum atomic E-state index is 12.4. The molecule has 36 heavy (non-hydrogen) atoms. The number of morpholine rings is 1. The number of aromatic amines is 1. The van der Waals surface area contributed by atoms with Crippen LogP contribution in [-0.2, 0) is 22.5 Å². The SMILES string of the molecule is O=C(Cc1ccc(-c2c[nH]c3ncc(-c4ccc(CN5CCOCC5)s4)cc23)cc1)NC1CCCC1. The predicted octanol–water partition coefficient (Wildman–Crippen LogP) is 5.39. The standard InChI is InChI=1S/C29H32N4O2S/c34-28(32-23-3-1-2-4-23)15-20-5-7-21(8-6-20)26-18-31-29-25(26)16-22(17-30-29)27-10-9-24(36-27)19-33-11-13-35-14-12-33/h5-10,16-18,23H,1-4,11-15,19H2,(H,30,31)(H,32,34). The van der Waals surface area contributed by atoms with E-state index in [-0.39, 0.29) is 5.91 Å². The van der Waals surface area contributed by atoms with E-state index in [1.165, 1.54) is 22.6 Å². The van der Waals surface area contributed by atoms with Crippen LogP contribution in [0.3, 0.4) is 0 Å². The molecule has 7 heteroatoms. The van der Waals surface area contributed by atoms with E-state index in [1.54, 1.807) is 0 Å². The molecule has 4 heterocycles. The lowest BCUT2D eigenvalue weighted by Gasteiger charge is -2.25. The highest BCUT2D eigenvalue weighted by molar-refractivity contribution is 7.15. The normalized spacial score (nSPS) is 17.1. The van der Waals surface area contributed by atoms with Crippen molar-refractivity contribution >= 4 is 28.3 Å². The first-order valence-electron chi connectivity index (χ1n) is 13.0. The fourth-order valence-corrected chi connectivity index (χ4v) is 6.34. The van der Waals surface area contributed by atoms with Gasteiger partial charge in [0.1, 0.15) is 5.65 Å². The van der Waals surface area contributed by atoms with E-state index in [4.69, 9.17) is 9.72 Å². The van der Waals surface area contributed by atoms with Gasteiger partial charge in [-0.25, -0.2) is 4.98 Å². The number of carbonyl (C=O) groups excluding carboxylic acids is 1. The minimum atomic E-state index is 0.125. The average Bonchev–Trinajstić information content (AvgIpc) is 3.66. The second-order valence-corrected chi connectivity index (χ2v) is 11.1. The maximum Gasteiger partial charge on any atom is 0.224 e. The van der Waals surface area contributed by atoms with Crippen LogP contribution in [0.1, 0.15) is 36.1 Å². The van der Waals surface area contributed by atoms with E-state index in [9.17, 15) is 4.79 Å². The summed E-state index contributed by atoms with van der Waals surface area (Å²) in [5.41, 5.74) is 5.32. The molecular weight excluding hydrogens is 468 g/mol. The van der Waals surface area contributed by atoms with Gasteiger partial charge < -0.3 is 15.0 Å². The second kappa shape index (κ2) is 10.5. The minimum absolute atomic E-state index is 0.125. The number of thiophene rings is 1. The number of hydrogen-bond donors (Lipinski definition) is 2. The Morgan fingerprint density at radius 2 is 1.89 bits per heavy atom. The molecule has 1 saturated carbocycles. The summed E-state index contributed by atoms with van der Waals surface area (Å²) in [6, 6.07) is 15.4. The summed E-state index contributed by atoms with van der Waals surface area (Å²) in [5.74, 6) is 0.125. The number of ether oxygens (including phenoxy) is 1. The van der Waals surface area contributed by atoms with Crippen LogP contribution in [0.25, 0.3) is 32.6 Å². The molecule has 0 radical (unpaired) electrons. The number of fused-ring (bicyclic) bond motifs is 1. The quantitative estimate of drug-likeness (QED) is 0.357. The van der Waals surface area contributed by atoms with Crippen LogP contribution in [0.5, 0.6) is 0 Å². The molecule has 6 nitrogen and oxygen atoms in total. The number of rotatable bonds is 7. The average molecular weight is 501 g/mol. The Balaban J connectivity index is 1.17. The van der Waals surface area contributed by atoms with Gasteiger partial charge in [-0.2, -0.15) is 0 Å². The van der Waals surface area contributed by atoms with Crippen molar-refractivity contribution < 1.29 is 9.53 Å². The first kappa shape index (κ1) is 23.4. The van der Waals surface area contributed by atoms with E-state index < -0.39 is 0 Å². The van der Waals surface area contributed by atoms with Gasteiger partial charge in [-0.1, -0.05) is 37.1 Å². The third-order valence-corrected chi connectivity index (χ3v) is 8.43. The summed E-state index contributed by atoms with van der Waals surface area (Å²) >= 11 is 1.84. The lowest BCUT2D eigenvalue weighted by Crippen LogP contribution is -2.35. The highest BCUT2D eigenvalue weighted by Crippen LogP contribution is 2.34. The van der Waals surface area contributed by atoms with Gasteiger partial charge in [-0.15, -0.1) is 11.3 Å². The number of nitrogens with one attached hydrogen (secondary N) is 2. The van der Waals surface area contributed by atoms with Crippen LogP contribution in [0.4, 0.5) is 0 Å². The van der Waals surface area contributed by atoms with Gasteiger partial charge in [0.2, 0.25) is 5.91 Å². The summed E-state index contributed by atoms with van der Waals surface area (Å²) < 4.78 is 5.47. The topological polar surface area (TPSA) is 70.2 Å². The fraction of sp³-hybridized carbons (Fsp3) is 0.379. The number of amides is 1. The molecule has 1 aliphatic carbocycles. The molecule has 4 aromatic rings. The smallest absolute Gasteiger partial charge is 0.224 e. The van der Waals surface area contributed by atoms with Crippen molar-refractivity contribution in [2.24, 2.45) is 0 Å². The lowest BCUT2D eigenvalue weighted by molar-refractivity contribution is -0.121. The number of benzene rings is 1. The van der Waals surface area contributed by atoms with Crippen molar-refractivity contribution in [3.63, 3.8) is 0 Å². The number of carbonyl (C=O) groups is 1. The molecule has 6 rings (SSSR count). The molecule has 1 aromatic carbocycles. The number of aromatic nitrogens is 2. The number of H-pyrrole nitrogens is 1. The summed E-state index contributed by atoms with van der Waals surface area (Å²) in [7, 11) is 0. The molecule has 0 bridgehead atoms. The van der Waals surface area contributed by atoms with E-state index >= 15 is 0 Å². The Kier molecular flexibility index (Phi) is 6.86. The second-order valence-electron chi connectivity index (χ2n) is 9.90. The molecular formula is C29H32N4O2S. The van der Waals surface area contributed by atoms with Crippen LogP contribution < -0.4 is 5.32 Å². The number of pyridine rings is 1. The maximum absolute atomic E-state index is 12.4. The van der Waals surface area contributed by atoms with Crippen molar-refractivity contribution in [3.05, 3.63) is 65.3 Å². The number of hydrogen-bond acceptors (Lipinski definition) is 5. The molecule has 0 spiro atoms. The van der Waals surface area contributed by atoms with E-state index in [0.29, 0.717) is 12.5 Å². The van der Waals surface area contributed by atoms with Crippen LogP contribution >= 0.6 is 11.3 Å². The first-order valence-corrected chi connectivity index (χ1v) is 13.8. The van der Waals surface area contributed by atoms with E-state index in [2.05, 4.69) is 57.7 Å². The molecule has 2 N–H and O–H groups in total. The van der Waals surface area contributed by atoms with Crippen molar-refractivity contribution in [3.8, 4) is 21.6 Å². The fourth-order valence-electron chi connectivity index (χ4n) is 5.31. The number of nitrogens with zero attached hydrogens (tertiary/aromatic N) is 2. The van der Waals surface area contributed by atoms with Gasteiger partial charge in [0.05, 0.1) is 19.6 Å². The largest absolute Gasteiger partial charge is 0.379 e. The van der Waals surface area contributed by atoms with E-state index in [0.717, 1.165) is 79.0 Å². The van der Waals surface area contributed by atoms with Crippen molar-refractivity contribution in [2.45, 2.75) is 44.7 Å². The van der Waals surface area contributed by atoms with Gasteiger partial charge in [0.15, 0.2) is 0 Å². The molecule has 0 atom stereocenters. The van der Waals surface area contributed by atoms with Crippen LogP contribution in [0.2, 0.25) is 0 Å². The Morgan fingerprint density at radius 3 is 2.69 bits per heavy atom. The molecule has 2 aliphatic rings. The molecule has 2 fully saturated rings. The third-order valence-electron chi connectivity index (χ3n) is 7.31. The summed E-state index contributed by atoms with van der Waals surface area (Å²) in [5, 5.41) is 4.29. The van der Waals surface area contributed by atoms with Gasteiger partial charge in [0.25, 0.3) is 0 Å². The first-order chi connectivity index (χ1) is 17.7. The third kappa shape index (κ3) is 5.24. The highest BCUT2D eigenvalue weighted by atomic mass is 32.1. The van der Waals surface area contributed by atoms with Crippen LogP contribution in [0, 0.1) is 0 Å². The molecule has 1 amide bonds. The van der Waals surface area contributed by atoms with Crippen LogP contribution in [0.15, 0.2) is 54.9 Å². The molecule has 0 unspecified atom stereocenters. The molecule has 1 saturated heterocycles. The predicted molar refractivity (Wildman–Crippen MR) is 145 cm³/mol. The lowest BCUT2D eigenvalue weighted by atomic mass is 10.0. The van der Waals surface area contributed by atoms with Gasteiger partial charge >= 0.3 is 0 Å².